The van der Waals surface area contributed by atoms with Gasteiger partial charge in [0.15, 0.2) is 5.16 Å². The quantitative estimate of drug-likeness (QED) is 0.560. The van der Waals surface area contributed by atoms with E-state index in [1.165, 1.54) is 11.8 Å². The lowest BCUT2D eigenvalue weighted by atomic mass is 9.90. The molecule has 1 atom stereocenters. The van der Waals surface area contributed by atoms with Crippen molar-refractivity contribution in [3.8, 4) is 6.07 Å². The first-order chi connectivity index (χ1) is 12.7. The Hall–Kier alpha value is -2.04. The van der Waals surface area contributed by atoms with Crippen molar-refractivity contribution < 1.29 is 4.79 Å². The van der Waals surface area contributed by atoms with Crippen LogP contribution in [-0.2, 0) is 11.3 Å². The normalized spacial score (nSPS) is 13.4. The second kappa shape index (κ2) is 8.77. The summed E-state index contributed by atoms with van der Waals surface area (Å²) < 4.78 is 1.58. The molecule has 1 heterocycles. The Morgan fingerprint density at radius 2 is 2.19 bits per heavy atom. The SMILES string of the molecule is CCCn1c(SCC(=O)N[C@@](C)(C#N)C(C)C)nc2cc(Cl)ccc2c1=O. The van der Waals surface area contributed by atoms with Crippen LogP contribution in [0.2, 0.25) is 5.02 Å². The minimum Gasteiger partial charge on any atom is -0.337 e. The molecule has 0 aliphatic carbocycles. The van der Waals surface area contributed by atoms with Crippen molar-refractivity contribution >= 4 is 40.2 Å². The van der Waals surface area contributed by atoms with Crippen LogP contribution in [0.1, 0.15) is 34.1 Å². The molecule has 0 saturated carbocycles. The van der Waals surface area contributed by atoms with Crippen molar-refractivity contribution in [1.82, 2.24) is 14.9 Å². The predicted octanol–water partition coefficient (Wildman–Crippen LogP) is 3.61. The molecule has 1 aromatic heterocycles. The molecule has 27 heavy (non-hydrogen) atoms. The van der Waals surface area contributed by atoms with Gasteiger partial charge in [-0.1, -0.05) is 44.1 Å². The number of amides is 1. The lowest BCUT2D eigenvalue weighted by Gasteiger charge is -2.27. The number of hydrogen-bond donors (Lipinski definition) is 1. The van der Waals surface area contributed by atoms with E-state index in [9.17, 15) is 14.9 Å². The third kappa shape index (κ3) is 4.82. The first-order valence-corrected chi connectivity index (χ1v) is 10.1. The molecule has 0 spiro atoms. The van der Waals surface area contributed by atoms with Crippen molar-refractivity contribution in [2.75, 3.05) is 5.75 Å². The van der Waals surface area contributed by atoms with Gasteiger partial charge in [0.05, 0.1) is 22.7 Å². The molecule has 144 valence electrons. The monoisotopic (exact) mass is 406 g/mol. The van der Waals surface area contributed by atoms with Gasteiger partial charge < -0.3 is 5.32 Å². The summed E-state index contributed by atoms with van der Waals surface area (Å²) in [5.74, 6) is -0.247. The Labute approximate surface area is 167 Å². The Morgan fingerprint density at radius 3 is 2.78 bits per heavy atom. The highest BCUT2D eigenvalue weighted by molar-refractivity contribution is 7.99. The molecule has 2 rings (SSSR count). The molecule has 0 aliphatic rings. The minimum atomic E-state index is -0.939. The Balaban J connectivity index is 2.30. The predicted molar refractivity (Wildman–Crippen MR) is 109 cm³/mol. The number of aromatic nitrogens is 2. The number of rotatable bonds is 7. The highest BCUT2D eigenvalue weighted by Crippen LogP contribution is 2.21. The number of nitrogens with one attached hydrogen (secondary N) is 1. The van der Waals surface area contributed by atoms with Gasteiger partial charge in [0, 0.05) is 11.6 Å². The second-order valence-corrected chi connectivity index (χ2v) is 8.20. The van der Waals surface area contributed by atoms with Gasteiger partial charge >= 0.3 is 0 Å². The largest absolute Gasteiger partial charge is 0.337 e. The Bertz CT molecular complexity index is 951. The molecule has 0 unspecified atom stereocenters. The number of halogens is 1. The number of thioether (sulfide) groups is 1. The molecular weight excluding hydrogens is 384 g/mol. The van der Waals surface area contributed by atoms with Crippen LogP contribution in [0.4, 0.5) is 0 Å². The zero-order chi connectivity index (χ0) is 20.2. The summed E-state index contributed by atoms with van der Waals surface area (Å²) in [5.41, 5.74) is -0.581. The zero-order valence-electron chi connectivity index (χ0n) is 15.9. The topological polar surface area (TPSA) is 87.8 Å². The van der Waals surface area contributed by atoms with Crippen LogP contribution in [0.15, 0.2) is 28.2 Å². The van der Waals surface area contributed by atoms with Gasteiger partial charge in [-0.3, -0.25) is 14.2 Å². The molecule has 6 nitrogen and oxygen atoms in total. The average molecular weight is 407 g/mol. The van der Waals surface area contributed by atoms with Crippen LogP contribution in [0.3, 0.4) is 0 Å². The fraction of sp³-hybridized carbons (Fsp3) is 0.474. The van der Waals surface area contributed by atoms with Crippen molar-refractivity contribution in [2.45, 2.75) is 51.4 Å². The van der Waals surface area contributed by atoms with E-state index in [-0.39, 0.29) is 23.1 Å². The van der Waals surface area contributed by atoms with Gasteiger partial charge in [0.1, 0.15) is 5.54 Å². The van der Waals surface area contributed by atoms with Crippen molar-refractivity contribution in [3.05, 3.63) is 33.6 Å². The number of nitrogens with zero attached hydrogens (tertiary/aromatic N) is 3. The van der Waals surface area contributed by atoms with E-state index in [1.54, 1.807) is 29.7 Å². The summed E-state index contributed by atoms with van der Waals surface area (Å²) >= 11 is 7.20. The average Bonchev–Trinajstić information content (AvgIpc) is 2.62. The molecule has 0 fully saturated rings. The van der Waals surface area contributed by atoms with E-state index in [1.807, 2.05) is 20.8 Å². The van der Waals surface area contributed by atoms with Gasteiger partial charge in [0.25, 0.3) is 5.56 Å². The standard InChI is InChI=1S/C19H23ClN4O2S/c1-5-8-24-17(26)14-7-6-13(20)9-15(14)22-18(24)27-10-16(25)23-19(4,11-21)12(2)3/h6-7,9,12H,5,8,10H2,1-4H3,(H,23,25)/t19-/m0/s1. The second-order valence-electron chi connectivity index (χ2n) is 6.82. The minimum absolute atomic E-state index is 0.0318. The number of hydrogen-bond acceptors (Lipinski definition) is 5. The fourth-order valence-corrected chi connectivity index (χ4v) is 3.45. The summed E-state index contributed by atoms with van der Waals surface area (Å²) in [4.78, 5) is 29.7. The fourth-order valence-electron chi connectivity index (χ4n) is 2.46. The highest BCUT2D eigenvalue weighted by atomic mass is 35.5. The van der Waals surface area contributed by atoms with E-state index in [0.717, 1.165) is 6.42 Å². The summed E-state index contributed by atoms with van der Waals surface area (Å²) in [5, 5.41) is 13.6. The number of carbonyl (C=O) groups is 1. The van der Waals surface area contributed by atoms with E-state index in [0.29, 0.717) is 27.6 Å². The maximum atomic E-state index is 12.8. The molecule has 8 heteroatoms. The lowest BCUT2D eigenvalue weighted by Crippen LogP contribution is -2.49. The first kappa shape index (κ1) is 21.3. The van der Waals surface area contributed by atoms with Crippen LogP contribution in [0.25, 0.3) is 10.9 Å². The number of benzene rings is 1. The van der Waals surface area contributed by atoms with Crippen molar-refractivity contribution in [2.24, 2.45) is 5.92 Å². The van der Waals surface area contributed by atoms with E-state index in [4.69, 9.17) is 11.6 Å². The Morgan fingerprint density at radius 1 is 1.48 bits per heavy atom. The molecule has 1 amide bonds. The summed E-state index contributed by atoms with van der Waals surface area (Å²) in [7, 11) is 0. The van der Waals surface area contributed by atoms with Crippen LogP contribution in [-0.4, -0.2) is 26.8 Å². The van der Waals surface area contributed by atoms with Crippen molar-refractivity contribution in [3.63, 3.8) is 0 Å². The van der Waals surface area contributed by atoms with Gasteiger partial charge in [-0.05, 0) is 37.5 Å². The summed E-state index contributed by atoms with van der Waals surface area (Å²) in [6, 6.07) is 7.13. The smallest absolute Gasteiger partial charge is 0.262 e. The number of carbonyl (C=O) groups excluding carboxylic acids is 1. The van der Waals surface area contributed by atoms with Gasteiger partial charge in [-0.15, -0.1) is 0 Å². The Kier molecular flexibility index (Phi) is 6.90. The molecule has 0 saturated heterocycles. The molecule has 1 aromatic carbocycles. The summed E-state index contributed by atoms with van der Waals surface area (Å²) in [6.07, 6.45) is 0.764. The van der Waals surface area contributed by atoms with Crippen LogP contribution in [0, 0.1) is 17.2 Å². The summed E-state index contributed by atoms with van der Waals surface area (Å²) in [6.45, 7) is 7.94. The maximum Gasteiger partial charge on any atom is 0.262 e. The van der Waals surface area contributed by atoms with Crippen LogP contribution >= 0.6 is 23.4 Å². The van der Waals surface area contributed by atoms with Crippen LogP contribution < -0.4 is 10.9 Å². The van der Waals surface area contributed by atoms with Gasteiger partial charge in [-0.2, -0.15) is 5.26 Å². The van der Waals surface area contributed by atoms with E-state index in [2.05, 4.69) is 16.4 Å². The molecule has 0 aliphatic heterocycles. The van der Waals surface area contributed by atoms with Gasteiger partial charge in [-0.25, -0.2) is 4.98 Å². The number of nitriles is 1. The van der Waals surface area contributed by atoms with Crippen molar-refractivity contribution in [1.29, 1.82) is 5.26 Å². The molecule has 1 N–H and O–H groups in total. The van der Waals surface area contributed by atoms with E-state index < -0.39 is 5.54 Å². The zero-order valence-corrected chi connectivity index (χ0v) is 17.4. The third-order valence-corrected chi connectivity index (χ3v) is 5.66. The van der Waals surface area contributed by atoms with Gasteiger partial charge in [0.2, 0.25) is 5.91 Å². The highest BCUT2D eigenvalue weighted by Gasteiger charge is 2.30. The molecule has 2 aromatic rings. The third-order valence-electron chi connectivity index (χ3n) is 4.45. The lowest BCUT2D eigenvalue weighted by molar-refractivity contribution is -0.120. The van der Waals surface area contributed by atoms with Crippen LogP contribution in [0.5, 0.6) is 0 Å². The molecule has 0 radical (unpaired) electrons. The van der Waals surface area contributed by atoms with E-state index >= 15 is 0 Å². The molecule has 0 bridgehead atoms. The number of fused-ring (bicyclic) bond motifs is 1. The maximum absolute atomic E-state index is 12.8. The first-order valence-electron chi connectivity index (χ1n) is 8.77. The molecular formula is C19H23ClN4O2S.